The maximum atomic E-state index is 13.4. The minimum atomic E-state index is -0.312. The quantitative estimate of drug-likeness (QED) is 0.936. The molecule has 1 atom stereocenters. The Labute approximate surface area is 124 Å². The van der Waals surface area contributed by atoms with Crippen molar-refractivity contribution in [2.75, 3.05) is 0 Å². The van der Waals surface area contributed by atoms with E-state index in [4.69, 9.17) is 4.74 Å². The molecule has 1 aliphatic heterocycles. The summed E-state index contributed by atoms with van der Waals surface area (Å²) in [6, 6.07) is 8.86. The molecule has 3 nitrogen and oxygen atoms in total. The summed E-state index contributed by atoms with van der Waals surface area (Å²) < 4.78 is 19.3. The smallest absolute Gasteiger partial charge is 0.127 e. The van der Waals surface area contributed by atoms with E-state index in [1.165, 1.54) is 12.1 Å². The van der Waals surface area contributed by atoms with Crippen molar-refractivity contribution < 1.29 is 9.13 Å². The summed E-state index contributed by atoms with van der Waals surface area (Å²) in [5.74, 6) is 0.368. The molecule has 3 rings (SSSR count). The number of fused-ring (bicyclic) bond motifs is 1. The van der Waals surface area contributed by atoms with Crippen LogP contribution in [0.5, 0.6) is 5.75 Å². The summed E-state index contributed by atoms with van der Waals surface area (Å²) in [7, 11) is 0. The summed E-state index contributed by atoms with van der Waals surface area (Å²) in [5, 5.41) is 3.53. The van der Waals surface area contributed by atoms with Gasteiger partial charge in [-0.05, 0) is 31.5 Å². The third-order valence-corrected chi connectivity index (χ3v) is 3.71. The summed E-state index contributed by atoms with van der Waals surface area (Å²) in [6.07, 6.45) is 4.45. The molecule has 2 aromatic rings. The van der Waals surface area contributed by atoms with Crippen LogP contribution in [0.25, 0.3) is 0 Å². The van der Waals surface area contributed by atoms with Crippen LogP contribution >= 0.6 is 0 Å². The molecule has 0 unspecified atom stereocenters. The third kappa shape index (κ3) is 3.22. The lowest BCUT2D eigenvalue weighted by Gasteiger charge is -2.38. The Bertz CT molecular complexity index is 628. The molecule has 0 saturated carbocycles. The van der Waals surface area contributed by atoms with Crippen molar-refractivity contribution in [3.8, 4) is 5.75 Å². The highest BCUT2D eigenvalue weighted by Gasteiger charge is 2.33. The number of benzene rings is 1. The normalized spacial score (nSPS) is 19.7. The van der Waals surface area contributed by atoms with Crippen molar-refractivity contribution in [3.63, 3.8) is 0 Å². The van der Waals surface area contributed by atoms with E-state index in [0.29, 0.717) is 5.75 Å². The highest BCUT2D eigenvalue weighted by Crippen LogP contribution is 2.39. The summed E-state index contributed by atoms with van der Waals surface area (Å²) in [4.78, 5) is 4.12. The molecule has 1 aromatic heterocycles. The molecule has 0 aliphatic carbocycles. The molecule has 0 bridgehead atoms. The molecule has 1 aromatic carbocycles. The molecule has 0 fully saturated rings. The molecule has 4 heteroatoms. The first-order chi connectivity index (χ1) is 10.0. The molecule has 0 spiro atoms. The van der Waals surface area contributed by atoms with Crippen molar-refractivity contribution in [1.82, 2.24) is 10.3 Å². The van der Waals surface area contributed by atoms with Gasteiger partial charge < -0.3 is 10.1 Å². The zero-order valence-corrected chi connectivity index (χ0v) is 12.3. The lowest BCUT2D eigenvalue weighted by Crippen LogP contribution is -2.39. The summed E-state index contributed by atoms with van der Waals surface area (Å²) in [6.45, 7) is 4.78. The Morgan fingerprint density at radius 3 is 3.00 bits per heavy atom. The summed E-state index contributed by atoms with van der Waals surface area (Å²) in [5.41, 5.74) is 1.83. The van der Waals surface area contributed by atoms with Crippen molar-refractivity contribution in [1.29, 1.82) is 0 Å². The van der Waals surface area contributed by atoms with E-state index in [9.17, 15) is 4.39 Å². The van der Waals surface area contributed by atoms with Gasteiger partial charge in [0.25, 0.3) is 0 Å². The SMILES string of the molecule is CC1(C)C[C@@H](NCc2cccnc2)c2ccc(F)cc2O1. The van der Waals surface area contributed by atoms with Crippen LogP contribution in [0, 0.1) is 5.82 Å². The Morgan fingerprint density at radius 2 is 2.24 bits per heavy atom. The largest absolute Gasteiger partial charge is 0.487 e. The number of pyridine rings is 1. The van der Waals surface area contributed by atoms with Gasteiger partial charge in [0.05, 0.1) is 0 Å². The molecule has 21 heavy (non-hydrogen) atoms. The maximum absolute atomic E-state index is 13.4. The Kier molecular flexibility index (Phi) is 3.64. The predicted molar refractivity (Wildman–Crippen MR) is 79.5 cm³/mol. The first kappa shape index (κ1) is 14.0. The zero-order chi connectivity index (χ0) is 14.9. The fourth-order valence-electron chi connectivity index (χ4n) is 2.75. The summed E-state index contributed by atoms with van der Waals surface area (Å²) >= 11 is 0. The van der Waals surface area contributed by atoms with Crippen LogP contribution in [0.3, 0.4) is 0 Å². The van der Waals surface area contributed by atoms with Gasteiger partial charge in [0, 0.05) is 43.0 Å². The third-order valence-electron chi connectivity index (χ3n) is 3.71. The van der Waals surface area contributed by atoms with E-state index in [2.05, 4.69) is 10.3 Å². The number of nitrogens with one attached hydrogen (secondary N) is 1. The van der Waals surface area contributed by atoms with E-state index in [0.717, 1.165) is 24.1 Å². The average molecular weight is 286 g/mol. The van der Waals surface area contributed by atoms with Crippen LogP contribution in [-0.2, 0) is 6.54 Å². The molecular formula is C17H19FN2O. The van der Waals surface area contributed by atoms with Gasteiger partial charge >= 0.3 is 0 Å². The topological polar surface area (TPSA) is 34.2 Å². The fraction of sp³-hybridized carbons (Fsp3) is 0.353. The van der Waals surface area contributed by atoms with Gasteiger partial charge in [0.15, 0.2) is 0 Å². The van der Waals surface area contributed by atoms with Crippen LogP contribution < -0.4 is 10.1 Å². The van der Waals surface area contributed by atoms with Crippen molar-refractivity contribution in [2.24, 2.45) is 0 Å². The molecule has 110 valence electrons. The van der Waals surface area contributed by atoms with Gasteiger partial charge in [-0.3, -0.25) is 4.98 Å². The van der Waals surface area contributed by atoms with E-state index in [1.807, 2.05) is 32.2 Å². The van der Waals surface area contributed by atoms with Crippen LogP contribution in [-0.4, -0.2) is 10.6 Å². The monoisotopic (exact) mass is 286 g/mol. The minimum absolute atomic E-state index is 0.143. The van der Waals surface area contributed by atoms with Gasteiger partial charge in [0.1, 0.15) is 17.2 Å². The number of nitrogens with zero attached hydrogens (tertiary/aromatic N) is 1. The number of aromatic nitrogens is 1. The molecule has 0 saturated heterocycles. The van der Waals surface area contributed by atoms with E-state index in [1.54, 1.807) is 12.3 Å². The highest BCUT2D eigenvalue weighted by atomic mass is 19.1. The number of ether oxygens (including phenoxy) is 1. The Balaban J connectivity index is 1.82. The lowest BCUT2D eigenvalue weighted by molar-refractivity contribution is 0.0652. The van der Waals surface area contributed by atoms with Gasteiger partial charge in [-0.1, -0.05) is 12.1 Å². The van der Waals surface area contributed by atoms with E-state index in [-0.39, 0.29) is 17.5 Å². The second kappa shape index (κ2) is 5.45. The standard InChI is InChI=1S/C17H19FN2O/c1-17(2)9-15(20-11-12-4-3-7-19-10-12)14-6-5-13(18)8-16(14)21-17/h3-8,10,15,20H,9,11H2,1-2H3/t15-/m1/s1. The first-order valence-electron chi connectivity index (χ1n) is 7.14. The lowest BCUT2D eigenvalue weighted by atomic mass is 9.89. The fourth-order valence-corrected chi connectivity index (χ4v) is 2.75. The number of hydrogen-bond acceptors (Lipinski definition) is 3. The second-order valence-electron chi connectivity index (χ2n) is 6.04. The van der Waals surface area contributed by atoms with Crippen LogP contribution in [0.1, 0.15) is 37.4 Å². The van der Waals surface area contributed by atoms with Crippen LogP contribution in [0.4, 0.5) is 4.39 Å². The highest BCUT2D eigenvalue weighted by molar-refractivity contribution is 5.39. The molecule has 0 radical (unpaired) electrons. The van der Waals surface area contributed by atoms with Crippen molar-refractivity contribution in [3.05, 3.63) is 59.7 Å². The van der Waals surface area contributed by atoms with Gasteiger partial charge in [0.2, 0.25) is 0 Å². The number of hydrogen-bond donors (Lipinski definition) is 1. The second-order valence-corrected chi connectivity index (χ2v) is 6.04. The first-order valence-corrected chi connectivity index (χ1v) is 7.14. The van der Waals surface area contributed by atoms with E-state index < -0.39 is 0 Å². The number of halogens is 1. The van der Waals surface area contributed by atoms with E-state index >= 15 is 0 Å². The average Bonchev–Trinajstić information content (AvgIpc) is 2.44. The molecule has 0 amide bonds. The Hall–Kier alpha value is -1.94. The van der Waals surface area contributed by atoms with Gasteiger partial charge in [-0.15, -0.1) is 0 Å². The predicted octanol–water partition coefficient (Wildman–Crippen LogP) is 3.61. The maximum Gasteiger partial charge on any atom is 0.127 e. The van der Waals surface area contributed by atoms with Gasteiger partial charge in [-0.25, -0.2) is 4.39 Å². The Morgan fingerprint density at radius 1 is 1.38 bits per heavy atom. The minimum Gasteiger partial charge on any atom is -0.487 e. The van der Waals surface area contributed by atoms with Crippen molar-refractivity contribution in [2.45, 2.75) is 38.5 Å². The van der Waals surface area contributed by atoms with Crippen LogP contribution in [0.15, 0.2) is 42.7 Å². The molecular weight excluding hydrogens is 267 g/mol. The van der Waals surface area contributed by atoms with Crippen LogP contribution in [0.2, 0.25) is 0 Å². The molecule has 1 aliphatic rings. The zero-order valence-electron chi connectivity index (χ0n) is 12.3. The van der Waals surface area contributed by atoms with Crippen molar-refractivity contribution >= 4 is 0 Å². The van der Waals surface area contributed by atoms with Gasteiger partial charge in [-0.2, -0.15) is 0 Å². The molecule has 2 heterocycles. The molecule has 1 N–H and O–H groups in total. The number of rotatable bonds is 3.